The Morgan fingerprint density at radius 2 is 2.00 bits per heavy atom. The van der Waals surface area contributed by atoms with E-state index < -0.39 is 12.1 Å². The molecule has 2 saturated heterocycles. The lowest BCUT2D eigenvalue weighted by Gasteiger charge is -2.50. The molecular formula is C23H26F3N3O5. The molecule has 2 aliphatic heterocycles. The van der Waals surface area contributed by atoms with Crippen molar-refractivity contribution in [1.29, 1.82) is 0 Å². The zero-order chi connectivity index (χ0) is 24.8. The van der Waals surface area contributed by atoms with E-state index in [1.165, 1.54) is 0 Å². The number of anilines is 1. The van der Waals surface area contributed by atoms with Gasteiger partial charge in [-0.25, -0.2) is 9.78 Å². The molecule has 0 aliphatic carbocycles. The van der Waals surface area contributed by atoms with Gasteiger partial charge in [0, 0.05) is 24.9 Å². The van der Waals surface area contributed by atoms with E-state index in [2.05, 4.69) is 10.3 Å². The standard InChI is InChI=1S/C21H25N3O3.C2HF3O2/c1-26-18-6-4-5-16(13-18)20(25)24-14-21(15-24)17(9-12-27-21)8-11-23-19-7-2-3-10-22-19;3-2(4,5)1(6)7/h2-7,10,13,17H,8-9,11-12,14-15H2,1H3,(H,22,23);(H,6,7). The summed E-state index contributed by atoms with van der Waals surface area (Å²) in [5.74, 6) is -0.656. The molecule has 1 spiro atoms. The van der Waals surface area contributed by atoms with Crippen LogP contribution in [0.3, 0.4) is 0 Å². The number of nitrogens with one attached hydrogen (secondary N) is 1. The molecule has 0 bridgehead atoms. The first-order chi connectivity index (χ1) is 16.1. The van der Waals surface area contributed by atoms with Crippen LogP contribution in [0.25, 0.3) is 0 Å². The Morgan fingerprint density at radius 1 is 1.26 bits per heavy atom. The van der Waals surface area contributed by atoms with E-state index in [1.54, 1.807) is 19.4 Å². The third-order valence-electron chi connectivity index (χ3n) is 5.83. The molecule has 2 aliphatic rings. The van der Waals surface area contributed by atoms with Crippen molar-refractivity contribution in [3.05, 3.63) is 54.2 Å². The molecule has 2 aromatic rings. The monoisotopic (exact) mass is 481 g/mol. The maximum atomic E-state index is 12.7. The fourth-order valence-corrected chi connectivity index (χ4v) is 4.07. The van der Waals surface area contributed by atoms with E-state index >= 15 is 0 Å². The summed E-state index contributed by atoms with van der Waals surface area (Å²) in [6.45, 7) is 2.96. The summed E-state index contributed by atoms with van der Waals surface area (Å²) < 4.78 is 43.0. The lowest BCUT2D eigenvalue weighted by Crippen LogP contribution is -2.66. The second-order valence-electron chi connectivity index (χ2n) is 8.03. The number of rotatable bonds is 6. The molecule has 0 saturated carbocycles. The van der Waals surface area contributed by atoms with E-state index in [0.29, 0.717) is 30.3 Å². The summed E-state index contributed by atoms with van der Waals surface area (Å²) in [7, 11) is 1.61. The lowest BCUT2D eigenvalue weighted by molar-refractivity contribution is -0.192. The number of likely N-dealkylation sites (tertiary alicyclic amines) is 1. The van der Waals surface area contributed by atoms with Crippen molar-refractivity contribution in [2.24, 2.45) is 5.92 Å². The summed E-state index contributed by atoms with van der Waals surface area (Å²) in [4.78, 5) is 27.8. The van der Waals surface area contributed by atoms with Crippen molar-refractivity contribution >= 4 is 17.7 Å². The number of hydrogen-bond acceptors (Lipinski definition) is 6. The number of benzene rings is 1. The number of hydrogen-bond donors (Lipinski definition) is 2. The quantitative estimate of drug-likeness (QED) is 0.652. The van der Waals surface area contributed by atoms with Gasteiger partial charge in [0.25, 0.3) is 5.91 Å². The van der Waals surface area contributed by atoms with Gasteiger partial charge in [0.1, 0.15) is 17.2 Å². The van der Waals surface area contributed by atoms with Crippen molar-refractivity contribution in [2.75, 3.05) is 38.7 Å². The molecule has 1 amide bonds. The largest absolute Gasteiger partial charge is 0.497 e. The highest BCUT2D eigenvalue weighted by atomic mass is 19.4. The molecule has 3 heterocycles. The van der Waals surface area contributed by atoms with E-state index in [-0.39, 0.29) is 11.5 Å². The van der Waals surface area contributed by atoms with Crippen LogP contribution in [0.2, 0.25) is 0 Å². The number of carboxylic acid groups (broad SMARTS) is 1. The number of alkyl halides is 3. The number of amides is 1. The first kappa shape index (κ1) is 25.3. The van der Waals surface area contributed by atoms with Gasteiger partial charge in [-0.05, 0) is 49.1 Å². The number of carbonyl (C=O) groups is 2. The molecule has 0 radical (unpaired) electrons. The Bertz CT molecular complexity index is 981. The molecule has 2 N–H and O–H groups in total. The Balaban J connectivity index is 0.000000406. The number of carboxylic acids is 1. The maximum absolute atomic E-state index is 12.7. The van der Waals surface area contributed by atoms with Crippen LogP contribution in [-0.2, 0) is 9.53 Å². The van der Waals surface area contributed by atoms with Crippen LogP contribution in [0.1, 0.15) is 23.2 Å². The summed E-state index contributed by atoms with van der Waals surface area (Å²) in [5, 5.41) is 10.5. The zero-order valence-corrected chi connectivity index (χ0v) is 18.5. The summed E-state index contributed by atoms with van der Waals surface area (Å²) in [6, 6.07) is 13.2. The predicted octanol–water partition coefficient (Wildman–Crippen LogP) is 3.46. The van der Waals surface area contributed by atoms with Gasteiger partial charge < -0.3 is 24.8 Å². The van der Waals surface area contributed by atoms with Gasteiger partial charge in [0.15, 0.2) is 0 Å². The number of carbonyl (C=O) groups excluding carboxylic acids is 1. The summed E-state index contributed by atoms with van der Waals surface area (Å²) >= 11 is 0. The molecule has 184 valence electrons. The van der Waals surface area contributed by atoms with Crippen LogP contribution in [0.15, 0.2) is 48.7 Å². The molecule has 1 atom stereocenters. The highest BCUT2D eigenvalue weighted by molar-refractivity contribution is 5.95. The minimum absolute atomic E-state index is 0.0420. The number of methoxy groups -OCH3 is 1. The summed E-state index contributed by atoms with van der Waals surface area (Å²) in [6.07, 6.45) is -1.24. The highest BCUT2D eigenvalue weighted by Gasteiger charge is 2.54. The number of aromatic nitrogens is 1. The number of pyridine rings is 1. The third kappa shape index (κ3) is 6.16. The second kappa shape index (κ2) is 10.7. The first-order valence-electron chi connectivity index (χ1n) is 10.7. The Labute approximate surface area is 194 Å². The molecule has 11 heteroatoms. The Morgan fingerprint density at radius 3 is 2.62 bits per heavy atom. The lowest BCUT2D eigenvalue weighted by atomic mass is 9.78. The Kier molecular flexibility index (Phi) is 7.98. The minimum atomic E-state index is -5.08. The second-order valence-corrected chi connectivity index (χ2v) is 8.03. The summed E-state index contributed by atoms with van der Waals surface area (Å²) in [5.41, 5.74) is 0.482. The molecule has 34 heavy (non-hydrogen) atoms. The van der Waals surface area contributed by atoms with Crippen molar-refractivity contribution in [3.8, 4) is 5.75 Å². The highest BCUT2D eigenvalue weighted by Crippen LogP contribution is 2.42. The average Bonchev–Trinajstić information content (AvgIpc) is 3.22. The van der Waals surface area contributed by atoms with Crippen LogP contribution in [0.5, 0.6) is 5.75 Å². The van der Waals surface area contributed by atoms with E-state index in [1.807, 2.05) is 41.3 Å². The maximum Gasteiger partial charge on any atom is 0.490 e. The molecule has 1 unspecified atom stereocenters. The van der Waals surface area contributed by atoms with E-state index in [0.717, 1.165) is 31.8 Å². The zero-order valence-electron chi connectivity index (χ0n) is 18.5. The third-order valence-corrected chi connectivity index (χ3v) is 5.83. The Hall–Kier alpha value is -3.34. The van der Waals surface area contributed by atoms with Crippen molar-refractivity contribution in [3.63, 3.8) is 0 Å². The predicted molar refractivity (Wildman–Crippen MR) is 117 cm³/mol. The molecule has 8 nitrogen and oxygen atoms in total. The van der Waals surface area contributed by atoms with Crippen molar-refractivity contribution in [1.82, 2.24) is 9.88 Å². The van der Waals surface area contributed by atoms with Gasteiger partial charge >= 0.3 is 12.1 Å². The molecule has 1 aromatic carbocycles. The number of aliphatic carboxylic acids is 1. The van der Waals surface area contributed by atoms with Gasteiger partial charge in [0.2, 0.25) is 0 Å². The number of ether oxygens (including phenoxy) is 2. The fraction of sp³-hybridized carbons (Fsp3) is 0.435. The fourth-order valence-electron chi connectivity index (χ4n) is 4.07. The first-order valence-corrected chi connectivity index (χ1v) is 10.7. The van der Waals surface area contributed by atoms with Gasteiger partial charge in [-0.2, -0.15) is 13.2 Å². The van der Waals surface area contributed by atoms with Crippen LogP contribution in [0.4, 0.5) is 19.0 Å². The normalized spacial score (nSPS) is 18.5. The van der Waals surface area contributed by atoms with Crippen LogP contribution in [0, 0.1) is 5.92 Å². The minimum Gasteiger partial charge on any atom is -0.497 e. The van der Waals surface area contributed by atoms with Gasteiger partial charge in [-0.3, -0.25) is 4.79 Å². The van der Waals surface area contributed by atoms with Gasteiger partial charge in [-0.1, -0.05) is 12.1 Å². The van der Waals surface area contributed by atoms with E-state index in [9.17, 15) is 18.0 Å². The molecular weight excluding hydrogens is 455 g/mol. The van der Waals surface area contributed by atoms with Crippen molar-refractivity contribution in [2.45, 2.75) is 24.6 Å². The molecule has 1 aromatic heterocycles. The van der Waals surface area contributed by atoms with Gasteiger partial charge in [-0.15, -0.1) is 0 Å². The topological polar surface area (TPSA) is 101 Å². The smallest absolute Gasteiger partial charge is 0.490 e. The van der Waals surface area contributed by atoms with Crippen LogP contribution < -0.4 is 10.1 Å². The van der Waals surface area contributed by atoms with Crippen LogP contribution in [-0.4, -0.2) is 72.0 Å². The van der Waals surface area contributed by atoms with Crippen LogP contribution >= 0.6 is 0 Å². The molecule has 4 rings (SSSR count). The molecule has 2 fully saturated rings. The number of nitrogens with zero attached hydrogens (tertiary/aromatic N) is 2. The SMILES string of the molecule is COc1cccc(C(=O)N2CC3(C2)OCCC3CCNc2ccccn2)c1.O=C(O)C(F)(F)F. The van der Waals surface area contributed by atoms with Crippen molar-refractivity contribution < 1.29 is 37.3 Å². The van der Waals surface area contributed by atoms with E-state index in [4.69, 9.17) is 19.4 Å². The average molecular weight is 481 g/mol. The number of halogens is 3. The van der Waals surface area contributed by atoms with Gasteiger partial charge in [0.05, 0.1) is 20.2 Å².